The Morgan fingerprint density at radius 2 is 1.74 bits per heavy atom. The van der Waals surface area contributed by atoms with Crippen molar-refractivity contribution < 1.29 is 9.47 Å². The average molecular weight is 545 g/mol. The zero-order valence-electron chi connectivity index (χ0n) is 22.1. The Hall–Kier alpha value is -3.99. The number of pyridine rings is 1. The van der Waals surface area contributed by atoms with Crippen LogP contribution in [0.1, 0.15) is 5.56 Å². The summed E-state index contributed by atoms with van der Waals surface area (Å²) in [5.41, 5.74) is 4.97. The van der Waals surface area contributed by atoms with Crippen LogP contribution in [-0.4, -0.2) is 81.8 Å². The largest absolute Gasteiger partial charge is 0.497 e. The van der Waals surface area contributed by atoms with Gasteiger partial charge in [-0.1, -0.05) is 23.7 Å². The van der Waals surface area contributed by atoms with Gasteiger partial charge < -0.3 is 19.7 Å². The Morgan fingerprint density at radius 3 is 2.49 bits per heavy atom. The Morgan fingerprint density at radius 1 is 0.949 bits per heavy atom. The highest BCUT2D eigenvalue weighted by atomic mass is 35.5. The normalized spacial score (nSPS) is 14.7. The first kappa shape index (κ1) is 25.3. The molecule has 6 rings (SSSR count). The second-order valence-electron chi connectivity index (χ2n) is 9.65. The van der Waals surface area contributed by atoms with E-state index >= 15 is 0 Å². The molecule has 0 bridgehead atoms. The molecule has 11 heteroatoms. The Balaban J connectivity index is 1.29. The number of fused-ring (bicyclic) bond motifs is 3. The van der Waals surface area contributed by atoms with E-state index in [1.54, 1.807) is 32.8 Å². The molecule has 4 heterocycles. The number of benzene rings is 2. The number of likely N-dealkylation sites (N-methyl/N-ethyl adjacent to an activating group) is 1. The van der Waals surface area contributed by atoms with Crippen molar-refractivity contribution in [3.63, 3.8) is 0 Å². The Kier molecular flexibility index (Phi) is 6.90. The molecule has 0 unspecified atom stereocenters. The summed E-state index contributed by atoms with van der Waals surface area (Å²) in [5.74, 6) is 1.61. The minimum absolute atomic E-state index is 0.456. The van der Waals surface area contributed by atoms with Crippen LogP contribution < -0.4 is 14.8 Å². The molecule has 5 aromatic rings. The highest BCUT2D eigenvalue weighted by Gasteiger charge is 2.19. The van der Waals surface area contributed by atoms with Crippen LogP contribution in [0.15, 0.2) is 55.0 Å². The molecule has 1 aliphatic heterocycles. The summed E-state index contributed by atoms with van der Waals surface area (Å²) < 4.78 is 12.8. The molecule has 2 aromatic carbocycles. The Bertz CT molecular complexity index is 1630. The van der Waals surface area contributed by atoms with Crippen molar-refractivity contribution in [3.05, 3.63) is 65.6 Å². The fourth-order valence-electron chi connectivity index (χ4n) is 4.85. The number of halogens is 1. The van der Waals surface area contributed by atoms with Crippen LogP contribution in [0.5, 0.6) is 11.5 Å². The SMILES string of the molecule is COc1cc(OC)c(Cl)c(-c2cc3cnc(Nc4ccc(CN5CCN(C)CC5)cc4)nc3n3cnnc23)c1. The van der Waals surface area contributed by atoms with Crippen LogP contribution in [0.2, 0.25) is 5.02 Å². The number of ether oxygens (including phenoxy) is 2. The number of hydrogen-bond donors (Lipinski definition) is 1. The maximum Gasteiger partial charge on any atom is 0.229 e. The van der Waals surface area contributed by atoms with Crippen LogP contribution in [0.3, 0.4) is 0 Å². The lowest BCUT2D eigenvalue weighted by Gasteiger charge is -2.32. The highest BCUT2D eigenvalue weighted by molar-refractivity contribution is 6.35. The van der Waals surface area contributed by atoms with Gasteiger partial charge in [-0.25, -0.2) is 4.98 Å². The number of hydrogen-bond acceptors (Lipinski definition) is 9. The number of anilines is 2. The molecule has 1 saturated heterocycles. The van der Waals surface area contributed by atoms with Gasteiger partial charge in [0.05, 0.1) is 19.2 Å². The topological polar surface area (TPSA) is 92.9 Å². The molecule has 0 amide bonds. The number of piperazine rings is 1. The molecule has 39 heavy (non-hydrogen) atoms. The van der Waals surface area contributed by atoms with Crippen molar-refractivity contribution in [3.8, 4) is 22.6 Å². The third kappa shape index (κ3) is 5.06. The van der Waals surface area contributed by atoms with Crippen molar-refractivity contribution in [1.82, 2.24) is 34.4 Å². The second-order valence-corrected chi connectivity index (χ2v) is 10.0. The molecule has 0 aliphatic carbocycles. The molecule has 1 aliphatic rings. The van der Waals surface area contributed by atoms with Crippen molar-refractivity contribution in [1.29, 1.82) is 0 Å². The molecular weight excluding hydrogens is 516 g/mol. The maximum atomic E-state index is 6.69. The van der Waals surface area contributed by atoms with Gasteiger partial charge in [0.25, 0.3) is 0 Å². The molecule has 0 atom stereocenters. The first-order valence-electron chi connectivity index (χ1n) is 12.7. The molecule has 1 N–H and O–H groups in total. The van der Waals surface area contributed by atoms with Gasteiger partial charge in [0.15, 0.2) is 11.3 Å². The van der Waals surface area contributed by atoms with E-state index in [1.807, 2.05) is 16.5 Å². The lowest BCUT2D eigenvalue weighted by Crippen LogP contribution is -2.43. The highest BCUT2D eigenvalue weighted by Crippen LogP contribution is 2.41. The van der Waals surface area contributed by atoms with Gasteiger partial charge in [-0.15, -0.1) is 10.2 Å². The predicted octanol–water partition coefficient (Wildman–Crippen LogP) is 4.50. The fourth-order valence-corrected chi connectivity index (χ4v) is 5.14. The summed E-state index contributed by atoms with van der Waals surface area (Å²) in [6.45, 7) is 5.37. The molecule has 0 saturated carbocycles. The monoisotopic (exact) mass is 544 g/mol. The number of methoxy groups -OCH3 is 2. The standard InChI is InChI=1S/C28H29ClN8O2/c1-35-8-10-36(11-9-35)16-18-4-6-20(7-5-18)32-28-30-15-19-12-23(27-34-31-17-37(27)26(19)33-28)22-13-21(38-2)14-24(39-3)25(22)29/h4-7,12-15,17H,8-11,16H2,1-3H3,(H,30,32,33). The molecule has 200 valence electrons. The lowest BCUT2D eigenvalue weighted by molar-refractivity contribution is 0.148. The maximum absolute atomic E-state index is 6.69. The van der Waals surface area contributed by atoms with Gasteiger partial charge in [-0.2, -0.15) is 4.98 Å². The van der Waals surface area contributed by atoms with E-state index in [0.29, 0.717) is 39.3 Å². The van der Waals surface area contributed by atoms with E-state index in [4.69, 9.17) is 26.1 Å². The van der Waals surface area contributed by atoms with Crippen LogP contribution in [0.4, 0.5) is 11.6 Å². The quantitative estimate of drug-likeness (QED) is 0.318. The zero-order chi connectivity index (χ0) is 26.9. The third-order valence-electron chi connectivity index (χ3n) is 7.08. The molecule has 0 radical (unpaired) electrons. The molecule has 10 nitrogen and oxygen atoms in total. The lowest BCUT2D eigenvalue weighted by atomic mass is 10.0. The number of rotatable bonds is 7. The summed E-state index contributed by atoms with van der Waals surface area (Å²) in [5, 5.41) is 13.1. The van der Waals surface area contributed by atoms with Gasteiger partial charge in [0.2, 0.25) is 5.95 Å². The van der Waals surface area contributed by atoms with Crippen molar-refractivity contribution in [2.24, 2.45) is 0 Å². The minimum atomic E-state index is 0.456. The first-order chi connectivity index (χ1) is 19.0. The van der Waals surface area contributed by atoms with E-state index < -0.39 is 0 Å². The van der Waals surface area contributed by atoms with E-state index in [1.165, 1.54) is 5.56 Å². The third-order valence-corrected chi connectivity index (χ3v) is 7.47. The van der Waals surface area contributed by atoms with Crippen LogP contribution in [0, 0.1) is 0 Å². The Labute approximate surface area is 231 Å². The van der Waals surface area contributed by atoms with Gasteiger partial charge in [0.1, 0.15) is 17.8 Å². The molecular formula is C28H29ClN8O2. The van der Waals surface area contributed by atoms with Crippen LogP contribution in [0.25, 0.3) is 27.8 Å². The van der Waals surface area contributed by atoms with E-state index in [0.717, 1.165) is 49.4 Å². The summed E-state index contributed by atoms with van der Waals surface area (Å²) in [4.78, 5) is 14.2. The van der Waals surface area contributed by atoms with Crippen molar-refractivity contribution in [2.75, 3.05) is 52.8 Å². The molecule has 1 fully saturated rings. The van der Waals surface area contributed by atoms with E-state index in [2.05, 4.69) is 61.6 Å². The summed E-state index contributed by atoms with van der Waals surface area (Å²) in [6.07, 6.45) is 3.41. The van der Waals surface area contributed by atoms with Gasteiger partial charge in [0, 0.05) is 67.2 Å². The van der Waals surface area contributed by atoms with Crippen molar-refractivity contribution >= 4 is 39.9 Å². The predicted molar refractivity (Wildman–Crippen MR) is 152 cm³/mol. The van der Waals surface area contributed by atoms with E-state index in [9.17, 15) is 0 Å². The smallest absolute Gasteiger partial charge is 0.229 e. The number of nitrogens with one attached hydrogen (secondary N) is 1. The summed E-state index contributed by atoms with van der Waals surface area (Å²) in [7, 11) is 5.34. The van der Waals surface area contributed by atoms with Gasteiger partial charge in [-0.05, 0) is 36.9 Å². The average Bonchev–Trinajstić information content (AvgIpc) is 3.46. The molecule has 0 spiro atoms. The summed E-state index contributed by atoms with van der Waals surface area (Å²) in [6, 6.07) is 14.0. The fraction of sp³-hybridized carbons (Fsp3) is 0.286. The van der Waals surface area contributed by atoms with Crippen molar-refractivity contribution in [2.45, 2.75) is 6.54 Å². The molecule has 3 aromatic heterocycles. The summed E-state index contributed by atoms with van der Waals surface area (Å²) >= 11 is 6.69. The van der Waals surface area contributed by atoms with Crippen LogP contribution in [-0.2, 0) is 6.54 Å². The van der Waals surface area contributed by atoms with Crippen LogP contribution >= 0.6 is 11.6 Å². The zero-order valence-corrected chi connectivity index (χ0v) is 22.8. The second kappa shape index (κ2) is 10.6. The minimum Gasteiger partial charge on any atom is -0.497 e. The van der Waals surface area contributed by atoms with Gasteiger partial charge in [-0.3, -0.25) is 9.30 Å². The first-order valence-corrected chi connectivity index (χ1v) is 13.1. The number of nitrogens with zero attached hydrogens (tertiary/aromatic N) is 7. The van der Waals surface area contributed by atoms with E-state index in [-0.39, 0.29) is 0 Å². The number of aromatic nitrogens is 5. The van der Waals surface area contributed by atoms with Gasteiger partial charge >= 0.3 is 0 Å².